The van der Waals surface area contributed by atoms with Crippen molar-refractivity contribution in [1.82, 2.24) is 0 Å². The van der Waals surface area contributed by atoms with Gasteiger partial charge in [0.1, 0.15) is 0 Å². The summed E-state index contributed by atoms with van der Waals surface area (Å²) in [7, 11) is 0. The number of nitrogens with one attached hydrogen (secondary N) is 1. The van der Waals surface area contributed by atoms with Gasteiger partial charge in [-0.25, -0.2) is 0 Å². The first-order valence-electron chi connectivity index (χ1n) is 8.54. The van der Waals surface area contributed by atoms with Crippen LogP contribution in [-0.2, 0) is 6.42 Å². The van der Waals surface area contributed by atoms with Crippen LogP contribution in [0.25, 0.3) is 0 Å². The van der Waals surface area contributed by atoms with E-state index in [-0.39, 0.29) is 5.91 Å². The first-order valence-corrected chi connectivity index (χ1v) is 8.54. The third kappa shape index (κ3) is 3.13. The minimum atomic E-state index is -0.0840. The Morgan fingerprint density at radius 2 is 1.64 bits per heavy atom. The summed E-state index contributed by atoms with van der Waals surface area (Å²) in [5, 5.41) is 2.96. The summed E-state index contributed by atoms with van der Waals surface area (Å²) >= 11 is 0. The van der Waals surface area contributed by atoms with E-state index < -0.39 is 0 Å². The number of aryl methyl sites for hydroxylation is 1. The second-order valence-corrected chi connectivity index (χ2v) is 6.40. The molecule has 3 aromatic carbocycles. The first kappa shape index (κ1) is 15.5. The van der Waals surface area contributed by atoms with E-state index in [4.69, 9.17) is 0 Å². The van der Waals surface area contributed by atoms with Gasteiger partial charge in [-0.1, -0.05) is 35.9 Å². The number of anilines is 3. The first-order chi connectivity index (χ1) is 12.2. The van der Waals surface area contributed by atoms with Crippen molar-refractivity contribution in [3.63, 3.8) is 0 Å². The molecule has 3 aromatic rings. The molecule has 0 saturated carbocycles. The zero-order chi connectivity index (χ0) is 17.2. The molecule has 1 aliphatic rings. The van der Waals surface area contributed by atoms with Gasteiger partial charge < -0.3 is 10.2 Å². The van der Waals surface area contributed by atoms with Crippen LogP contribution in [0.3, 0.4) is 0 Å². The molecule has 124 valence electrons. The molecule has 25 heavy (non-hydrogen) atoms. The van der Waals surface area contributed by atoms with Crippen LogP contribution in [0.15, 0.2) is 72.8 Å². The summed E-state index contributed by atoms with van der Waals surface area (Å²) in [5.41, 5.74) is 6.44. The molecule has 0 fully saturated rings. The van der Waals surface area contributed by atoms with Crippen molar-refractivity contribution in [3.8, 4) is 0 Å². The molecule has 1 aliphatic heterocycles. The van der Waals surface area contributed by atoms with Gasteiger partial charge in [-0.3, -0.25) is 4.79 Å². The van der Waals surface area contributed by atoms with Gasteiger partial charge in [-0.15, -0.1) is 0 Å². The molecule has 3 nitrogen and oxygen atoms in total. The Kier molecular flexibility index (Phi) is 3.98. The number of hydrogen-bond acceptors (Lipinski definition) is 2. The minimum Gasteiger partial charge on any atom is -0.341 e. The van der Waals surface area contributed by atoms with E-state index in [0.717, 1.165) is 29.9 Å². The normalized spacial score (nSPS) is 12.8. The molecule has 1 heterocycles. The number of amides is 1. The van der Waals surface area contributed by atoms with Gasteiger partial charge in [0.25, 0.3) is 5.91 Å². The van der Waals surface area contributed by atoms with Crippen molar-refractivity contribution in [2.45, 2.75) is 13.3 Å². The highest BCUT2D eigenvalue weighted by Gasteiger charge is 2.19. The lowest BCUT2D eigenvalue weighted by Gasteiger charge is -2.20. The molecule has 0 spiro atoms. The Hall–Kier alpha value is -3.07. The number of rotatable bonds is 3. The number of benzene rings is 3. The topological polar surface area (TPSA) is 32.3 Å². The summed E-state index contributed by atoms with van der Waals surface area (Å²) in [6, 6.07) is 24.1. The lowest BCUT2D eigenvalue weighted by Crippen LogP contribution is -2.14. The van der Waals surface area contributed by atoms with Crippen molar-refractivity contribution < 1.29 is 4.79 Å². The van der Waals surface area contributed by atoms with Crippen LogP contribution < -0.4 is 10.2 Å². The van der Waals surface area contributed by atoms with Crippen molar-refractivity contribution in [3.05, 3.63) is 89.5 Å². The molecule has 0 unspecified atom stereocenters. The van der Waals surface area contributed by atoms with Crippen molar-refractivity contribution in [1.29, 1.82) is 0 Å². The molecular formula is C22H20N2O. The van der Waals surface area contributed by atoms with Crippen molar-refractivity contribution in [2.24, 2.45) is 0 Å². The summed E-state index contributed by atoms with van der Waals surface area (Å²) in [6.07, 6.45) is 1.07. The van der Waals surface area contributed by atoms with E-state index in [9.17, 15) is 4.79 Å². The molecule has 4 rings (SSSR count). The van der Waals surface area contributed by atoms with Crippen LogP contribution in [0.1, 0.15) is 21.5 Å². The largest absolute Gasteiger partial charge is 0.341 e. The van der Waals surface area contributed by atoms with E-state index >= 15 is 0 Å². The Labute approximate surface area is 147 Å². The fourth-order valence-corrected chi connectivity index (χ4v) is 3.24. The highest BCUT2D eigenvalue weighted by atomic mass is 16.1. The van der Waals surface area contributed by atoms with E-state index in [2.05, 4.69) is 46.6 Å². The van der Waals surface area contributed by atoms with Crippen LogP contribution in [0.4, 0.5) is 17.1 Å². The number of nitrogens with zero attached hydrogens (tertiary/aromatic N) is 1. The maximum atomic E-state index is 12.3. The molecular weight excluding hydrogens is 308 g/mol. The zero-order valence-corrected chi connectivity index (χ0v) is 14.2. The molecule has 1 N–H and O–H groups in total. The molecule has 3 heteroatoms. The number of carbonyl (C=O) groups excluding carboxylic acids is 1. The Morgan fingerprint density at radius 3 is 2.40 bits per heavy atom. The number of hydrogen-bond donors (Lipinski definition) is 1. The van der Waals surface area contributed by atoms with Crippen molar-refractivity contribution in [2.75, 3.05) is 16.8 Å². The summed E-state index contributed by atoms with van der Waals surface area (Å²) in [6.45, 7) is 3.01. The highest BCUT2D eigenvalue weighted by Crippen LogP contribution is 2.34. The van der Waals surface area contributed by atoms with Gasteiger partial charge in [0.15, 0.2) is 0 Å². The maximum absolute atomic E-state index is 12.3. The summed E-state index contributed by atoms with van der Waals surface area (Å²) < 4.78 is 0. The zero-order valence-electron chi connectivity index (χ0n) is 14.2. The number of para-hydroxylation sites is 1. The fraction of sp³-hybridized carbons (Fsp3) is 0.136. The van der Waals surface area contributed by atoms with Crippen LogP contribution in [0, 0.1) is 6.92 Å². The van der Waals surface area contributed by atoms with Crippen LogP contribution >= 0.6 is 0 Å². The second-order valence-electron chi connectivity index (χ2n) is 6.40. The SMILES string of the molecule is Cc1ccc(C(=O)Nc2ccc(N3CCc4ccccc43)cc2)cc1. The predicted molar refractivity (Wildman–Crippen MR) is 103 cm³/mol. The Balaban J connectivity index is 1.49. The molecule has 0 aromatic heterocycles. The smallest absolute Gasteiger partial charge is 0.255 e. The van der Waals surface area contributed by atoms with Crippen LogP contribution in [0.2, 0.25) is 0 Å². The average Bonchev–Trinajstić information content (AvgIpc) is 3.07. The molecule has 0 aliphatic carbocycles. The lowest BCUT2D eigenvalue weighted by atomic mass is 10.1. The Bertz CT molecular complexity index is 898. The number of fused-ring (bicyclic) bond motifs is 1. The average molecular weight is 328 g/mol. The summed E-state index contributed by atoms with van der Waals surface area (Å²) in [5.74, 6) is -0.0840. The van der Waals surface area contributed by atoms with Crippen LogP contribution in [0.5, 0.6) is 0 Å². The van der Waals surface area contributed by atoms with E-state index in [1.165, 1.54) is 11.3 Å². The quantitative estimate of drug-likeness (QED) is 0.738. The molecule has 0 atom stereocenters. The summed E-state index contributed by atoms with van der Waals surface area (Å²) in [4.78, 5) is 14.6. The predicted octanol–water partition coefficient (Wildman–Crippen LogP) is 4.94. The van der Waals surface area contributed by atoms with E-state index in [0.29, 0.717) is 5.56 Å². The molecule has 1 amide bonds. The Morgan fingerprint density at radius 1 is 0.920 bits per heavy atom. The lowest BCUT2D eigenvalue weighted by molar-refractivity contribution is 0.102. The van der Waals surface area contributed by atoms with Gasteiger partial charge in [0.05, 0.1) is 0 Å². The van der Waals surface area contributed by atoms with Crippen molar-refractivity contribution >= 4 is 23.0 Å². The van der Waals surface area contributed by atoms with Gasteiger partial charge in [-0.2, -0.15) is 0 Å². The molecule has 0 bridgehead atoms. The fourth-order valence-electron chi connectivity index (χ4n) is 3.24. The number of carbonyl (C=O) groups is 1. The van der Waals surface area contributed by atoms with Crippen LogP contribution in [-0.4, -0.2) is 12.5 Å². The van der Waals surface area contributed by atoms with Gasteiger partial charge in [-0.05, 0) is 61.4 Å². The third-order valence-electron chi connectivity index (χ3n) is 4.64. The van der Waals surface area contributed by atoms with Gasteiger partial charge in [0.2, 0.25) is 0 Å². The monoisotopic (exact) mass is 328 g/mol. The second kappa shape index (κ2) is 6.44. The van der Waals surface area contributed by atoms with Gasteiger partial charge in [0, 0.05) is 29.2 Å². The maximum Gasteiger partial charge on any atom is 0.255 e. The van der Waals surface area contributed by atoms with Gasteiger partial charge >= 0.3 is 0 Å². The third-order valence-corrected chi connectivity index (χ3v) is 4.64. The molecule has 0 saturated heterocycles. The molecule has 0 radical (unpaired) electrons. The standard InChI is InChI=1S/C22H20N2O/c1-16-6-8-18(9-7-16)22(25)23-19-10-12-20(13-11-19)24-15-14-17-4-2-3-5-21(17)24/h2-13H,14-15H2,1H3,(H,23,25). The van der Waals surface area contributed by atoms with E-state index in [1.807, 2.05) is 43.3 Å². The minimum absolute atomic E-state index is 0.0840. The highest BCUT2D eigenvalue weighted by molar-refractivity contribution is 6.04. The van der Waals surface area contributed by atoms with E-state index in [1.54, 1.807) is 0 Å².